The maximum Gasteiger partial charge on any atom is 0.314 e. The normalized spacial score (nSPS) is 25.1. The lowest BCUT2D eigenvalue weighted by Crippen LogP contribution is -2.36. The van der Waals surface area contributed by atoms with Crippen molar-refractivity contribution < 1.29 is 19.0 Å². The SMILES string of the molecule is COc1ccc(N2CCOCC2)c2c1CC=N2.NC(=O)N1CCC2(CCOC2)C1. The highest BCUT2D eigenvalue weighted by atomic mass is 16.5. The van der Waals surface area contributed by atoms with Crippen molar-refractivity contribution in [3.63, 3.8) is 0 Å². The number of fused-ring (bicyclic) bond motifs is 1. The van der Waals surface area contributed by atoms with Crippen LogP contribution in [0.1, 0.15) is 18.4 Å². The third-order valence-corrected chi connectivity index (χ3v) is 6.24. The minimum Gasteiger partial charge on any atom is -0.496 e. The number of benzene rings is 1. The molecule has 8 nitrogen and oxygen atoms in total. The first kappa shape index (κ1) is 20.0. The van der Waals surface area contributed by atoms with E-state index in [-0.39, 0.29) is 11.4 Å². The number of methoxy groups -OCH3 is 1. The summed E-state index contributed by atoms with van der Waals surface area (Å²) in [7, 11) is 1.71. The molecule has 2 amide bonds. The largest absolute Gasteiger partial charge is 0.496 e. The molecule has 158 valence electrons. The van der Waals surface area contributed by atoms with Crippen molar-refractivity contribution in [3.05, 3.63) is 17.7 Å². The first-order chi connectivity index (χ1) is 14.1. The summed E-state index contributed by atoms with van der Waals surface area (Å²) in [6.45, 7) is 6.71. The van der Waals surface area contributed by atoms with Gasteiger partial charge in [-0.3, -0.25) is 4.99 Å². The predicted octanol–water partition coefficient (Wildman–Crippen LogP) is 1.97. The van der Waals surface area contributed by atoms with Gasteiger partial charge in [0.15, 0.2) is 0 Å². The van der Waals surface area contributed by atoms with Crippen LogP contribution >= 0.6 is 0 Å². The summed E-state index contributed by atoms with van der Waals surface area (Å²) >= 11 is 0. The van der Waals surface area contributed by atoms with Crippen molar-refractivity contribution in [2.45, 2.75) is 19.3 Å². The second-order valence-corrected chi connectivity index (χ2v) is 8.04. The van der Waals surface area contributed by atoms with Crippen molar-refractivity contribution in [3.8, 4) is 5.75 Å². The van der Waals surface area contributed by atoms with Gasteiger partial charge in [-0.05, 0) is 25.0 Å². The predicted molar refractivity (Wildman–Crippen MR) is 112 cm³/mol. The summed E-state index contributed by atoms with van der Waals surface area (Å²) in [6, 6.07) is 3.85. The lowest BCUT2D eigenvalue weighted by Gasteiger charge is -2.30. The molecular weight excluding hydrogens is 372 g/mol. The van der Waals surface area contributed by atoms with Crippen molar-refractivity contribution >= 4 is 23.6 Å². The number of rotatable bonds is 2. The molecule has 3 fully saturated rings. The minimum absolute atomic E-state index is 0.245. The maximum atomic E-state index is 10.8. The molecular formula is C21H30N4O4. The van der Waals surface area contributed by atoms with Crippen LogP contribution in [-0.4, -0.2) is 76.9 Å². The van der Waals surface area contributed by atoms with Crippen LogP contribution in [0.5, 0.6) is 5.75 Å². The third-order valence-electron chi connectivity index (χ3n) is 6.24. The molecule has 1 atom stereocenters. The molecule has 0 aliphatic carbocycles. The van der Waals surface area contributed by atoms with E-state index >= 15 is 0 Å². The molecule has 8 heteroatoms. The van der Waals surface area contributed by atoms with Crippen LogP contribution in [-0.2, 0) is 15.9 Å². The van der Waals surface area contributed by atoms with E-state index in [1.807, 2.05) is 12.3 Å². The van der Waals surface area contributed by atoms with Gasteiger partial charge in [-0.2, -0.15) is 0 Å². The summed E-state index contributed by atoms with van der Waals surface area (Å²) in [5.74, 6) is 0.939. The molecule has 1 spiro atoms. The van der Waals surface area contributed by atoms with Crippen LogP contribution in [0, 0.1) is 5.41 Å². The Labute approximate surface area is 171 Å². The number of morpholine rings is 1. The zero-order valence-electron chi connectivity index (χ0n) is 17.1. The highest BCUT2D eigenvalue weighted by Gasteiger charge is 2.42. The van der Waals surface area contributed by atoms with E-state index < -0.39 is 0 Å². The molecule has 4 aliphatic heterocycles. The smallest absolute Gasteiger partial charge is 0.314 e. The molecule has 0 radical (unpaired) electrons. The number of urea groups is 1. The van der Waals surface area contributed by atoms with Crippen LogP contribution in [0.2, 0.25) is 0 Å². The van der Waals surface area contributed by atoms with Gasteiger partial charge in [-0.25, -0.2) is 4.79 Å². The van der Waals surface area contributed by atoms with Gasteiger partial charge in [-0.1, -0.05) is 0 Å². The molecule has 4 aliphatic rings. The Hall–Kier alpha value is -2.32. The van der Waals surface area contributed by atoms with Gasteiger partial charge in [0, 0.05) is 56.4 Å². The van der Waals surface area contributed by atoms with Gasteiger partial charge < -0.3 is 29.7 Å². The van der Waals surface area contributed by atoms with E-state index in [2.05, 4.69) is 16.0 Å². The van der Waals surface area contributed by atoms with Crippen molar-refractivity contribution in [2.24, 2.45) is 16.1 Å². The van der Waals surface area contributed by atoms with E-state index in [0.29, 0.717) is 0 Å². The number of carbonyl (C=O) groups is 1. The van der Waals surface area contributed by atoms with Gasteiger partial charge in [-0.15, -0.1) is 0 Å². The fourth-order valence-electron chi connectivity index (χ4n) is 4.52. The lowest BCUT2D eigenvalue weighted by molar-refractivity contribution is 0.123. The highest BCUT2D eigenvalue weighted by Crippen LogP contribution is 2.41. The number of hydrogen-bond donors (Lipinski definition) is 1. The standard InChI is InChI=1S/C13H16N2O2.C8H14N2O2/c1-16-12-3-2-11(13-10(12)4-5-14-13)15-6-8-17-9-7-15;9-7(11)10-3-1-8(5-10)2-4-12-6-8/h2-3,5H,4,6-9H2,1H3;1-6H2,(H2,9,11). The first-order valence-corrected chi connectivity index (χ1v) is 10.3. The number of aliphatic imine (C=N–C) groups is 1. The second-order valence-electron chi connectivity index (χ2n) is 8.04. The molecule has 2 N–H and O–H groups in total. The highest BCUT2D eigenvalue weighted by molar-refractivity contribution is 5.86. The van der Waals surface area contributed by atoms with E-state index in [9.17, 15) is 4.79 Å². The topological polar surface area (TPSA) is 89.6 Å². The molecule has 0 bridgehead atoms. The quantitative estimate of drug-likeness (QED) is 0.817. The van der Waals surface area contributed by atoms with Crippen LogP contribution in [0.3, 0.4) is 0 Å². The number of likely N-dealkylation sites (tertiary alicyclic amines) is 1. The Bertz CT molecular complexity index is 770. The van der Waals surface area contributed by atoms with E-state index in [4.69, 9.17) is 19.9 Å². The monoisotopic (exact) mass is 402 g/mol. The number of amides is 2. The molecule has 1 aromatic carbocycles. The summed E-state index contributed by atoms with van der Waals surface area (Å²) in [6.07, 6.45) is 4.96. The van der Waals surface area contributed by atoms with Crippen LogP contribution in [0.25, 0.3) is 0 Å². The minimum atomic E-state index is -0.293. The number of carbonyl (C=O) groups excluding carboxylic acids is 1. The zero-order valence-corrected chi connectivity index (χ0v) is 17.1. The van der Waals surface area contributed by atoms with Crippen LogP contribution in [0.15, 0.2) is 17.1 Å². The fraction of sp³-hybridized carbons (Fsp3) is 0.619. The Morgan fingerprint density at radius 1 is 1.17 bits per heavy atom. The summed E-state index contributed by atoms with van der Waals surface area (Å²) in [5, 5.41) is 0. The third kappa shape index (κ3) is 4.18. The Morgan fingerprint density at radius 3 is 2.66 bits per heavy atom. The van der Waals surface area contributed by atoms with Crippen molar-refractivity contribution in [1.82, 2.24) is 4.90 Å². The average Bonchev–Trinajstić information content (AvgIpc) is 3.50. The van der Waals surface area contributed by atoms with E-state index in [1.165, 1.54) is 11.3 Å². The van der Waals surface area contributed by atoms with E-state index in [1.54, 1.807) is 12.0 Å². The van der Waals surface area contributed by atoms with Gasteiger partial charge in [0.1, 0.15) is 5.75 Å². The van der Waals surface area contributed by atoms with Crippen LogP contribution in [0.4, 0.5) is 16.2 Å². The van der Waals surface area contributed by atoms with Gasteiger partial charge in [0.05, 0.1) is 38.3 Å². The lowest BCUT2D eigenvalue weighted by atomic mass is 9.87. The van der Waals surface area contributed by atoms with E-state index in [0.717, 1.165) is 83.3 Å². The molecule has 0 aromatic heterocycles. The van der Waals surface area contributed by atoms with Gasteiger partial charge in [0.25, 0.3) is 0 Å². The Balaban J connectivity index is 0.000000150. The Kier molecular flexibility index (Phi) is 5.91. The van der Waals surface area contributed by atoms with Crippen LogP contribution < -0.4 is 15.4 Å². The molecule has 0 saturated carbocycles. The number of hydrogen-bond acceptors (Lipinski definition) is 6. The number of anilines is 1. The average molecular weight is 402 g/mol. The maximum absolute atomic E-state index is 10.8. The first-order valence-electron chi connectivity index (χ1n) is 10.3. The molecule has 5 rings (SSSR count). The summed E-state index contributed by atoms with van der Waals surface area (Å²) < 4.78 is 16.1. The van der Waals surface area contributed by atoms with Gasteiger partial charge in [0.2, 0.25) is 0 Å². The number of primary amides is 1. The van der Waals surface area contributed by atoms with Gasteiger partial charge >= 0.3 is 6.03 Å². The van der Waals surface area contributed by atoms with Crippen molar-refractivity contribution in [2.75, 3.05) is 64.6 Å². The molecule has 1 unspecified atom stereocenters. The zero-order chi connectivity index (χ0) is 20.3. The number of ether oxygens (including phenoxy) is 3. The Morgan fingerprint density at radius 2 is 2.00 bits per heavy atom. The second kappa shape index (κ2) is 8.59. The molecule has 3 saturated heterocycles. The number of nitrogens with zero attached hydrogens (tertiary/aromatic N) is 3. The molecule has 1 aromatic rings. The number of nitrogens with two attached hydrogens (primary N) is 1. The van der Waals surface area contributed by atoms with Crippen molar-refractivity contribution in [1.29, 1.82) is 0 Å². The molecule has 4 heterocycles. The molecule has 29 heavy (non-hydrogen) atoms. The summed E-state index contributed by atoms with van der Waals surface area (Å²) in [4.78, 5) is 19.4. The summed E-state index contributed by atoms with van der Waals surface area (Å²) in [5.41, 5.74) is 8.93. The fourth-order valence-corrected chi connectivity index (χ4v) is 4.52.